The summed E-state index contributed by atoms with van der Waals surface area (Å²) in [6.07, 6.45) is 2.87. The number of hydrogen-bond donors (Lipinski definition) is 1. The Kier molecular flexibility index (Phi) is 3.34. The van der Waals surface area contributed by atoms with E-state index < -0.39 is 0 Å². The number of ether oxygens (including phenoxy) is 1. The van der Waals surface area contributed by atoms with Gasteiger partial charge in [-0.05, 0) is 31.2 Å². The maximum absolute atomic E-state index is 5.67. The van der Waals surface area contributed by atoms with E-state index in [0.29, 0.717) is 17.9 Å². The molecule has 66 valence electrons. The van der Waals surface area contributed by atoms with Gasteiger partial charge >= 0.3 is 0 Å². The van der Waals surface area contributed by atoms with Gasteiger partial charge in [0, 0.05) is 6.61 Å². The number of nitrogens with two attached hydrogens (primary N) is 1. The van der Waals surface area contributed by atoms with E-state index >= 15 is 0 Å². The monoisotopic (exact) mass is 157 g/mol. The van der Waals surface area contributed by atoms with Crippen molar-refractivity contribution in [1.29, 1.82) is 0 Å². The Morgan fingerprint density at radius 2 is 2.27 bits per heavy atom. The second kappa shape index (κ2) is 4.07. The second-order valence-electron chi connectivity index (χ2n) is 3.70. The van der Waals surface area contributed by atoms with Gasteiger partial charge in [-0.3, -0.25) is 0 Å². The average molecular weight is 157 g/mol. The van der Waals surface area contributed by atoms with Crippen LogP contribution in [0.25, 0.3) is 0 Å². The van der Waals surface area contributed by atoms with Gasteiger partial charge in [0.2, 0.25) is 0 Å². The average Bonchev–Trinajstić information content (AvgIpc) is 2.40. The third kappa shape index (κ3) is 2.17. The van der Waals surface area contributed by atoms with E-state index in [4.69, 9.17) is 10.5 Å². The van der Waals surface area contributed by atoms with Crippen molar-refractivity contribution in [3.05, 3.63) is 0 Å². The molecule has 0 amide bonds. The number of hydrogen-bond acceptors (Lipinski definition) is 2. The highest BCUT2D eigenvalue weighted by atomic mass is 16.5. The summed E-state index contributed by atoms with van der Waals surface area (Å²) in [4.78, 5) is 0. The summed E-state index contributed by atoms with van der Waals surface area (Å²) < 4.78 is 5.59. The van der Waals surface area contributed by atoms with Crippen molar-refractivity contribution in [2.24, 2.45) is 17.6 Å². The van der Waals surface area contributed by atoms with Gasteiger partial charge in [-0.25, -0.2) is 0 Å². The minimum atomic E-state index is 0.444. The fourth-order valence-electron chi connectivity index (χ4n) is 1.79. The maximum atomic E-state index is 5.67. The second-order valence-corrected chi connectivity index (χ2v) is 3.70. The summed E-state index contributed by atoms with van der Waals surface area (Å²) in [6.45, 7) is 6.15. The molecule has 2 unspecified atom stereocenters. The molecule has 0 bridgehead atoms. The Morgan fingerprint density at radius 3 is 2.64 bits per heavy atom. The summed E-state index contributed by atoms with van der Waals surface area (Å²) in [5.41, 5.74) is 5.67. The zero-order chi connectivity index (χ0) is 8.27. The van der Waals surface area contributed by atoms with Crippen molar-refractivity contribution in [2.45, 2.75) is 32.8 Å². The molecular weight excluding hydrogens is 138 g/mol. The zero-order valence-electron chi connectivity index (χ0n) is 7.55. The van der Waals surface area contributed by atoms with Gasteiger partial charge in [-0.2, -0.15) is 0 Å². The molecule has 0 aromatic carbocycles. The zero-order valence-corrected chi connectivity index (χ0v) is 7.55. The molecule has 0 aromatic rings. The summed E-state index contributed by atoms with van der Waals surface area (Å²) in [7, 11) is 0. The van der Waals surface area contributed by atoms with Crippen LogP contribution in [0.4, 0.5) is 0 Å². The lowest BCUT2D eigenvalue weighted by atomic mass is 9.89. The molecule has 1 aliphatic heterocycles. The summed E-state index contributed by atoms with van der Waals surface area (Å²) in [5.74, 6) is 1.22. The molecule has 2 heteroatoms. The van der Waals surface area contributed by atoms with Crippen LogP contribution in [0.5, 0.6) is 0 Å². The van der Waals surface area contributed by atoms with Crippen LogP contribution in [0.2, 0.25) is 0 Å². The van der Waals surface area contributed by atoms with E-state index in [1.54, 1.807) is 0 Å². The molecular formula is C9H19NO. The Morgan fingerprint density at radius 1 is 1.55 bits per heavy atom. The fourth-order valence-corrected chi connectivity index (χ4v) is 1.79. The van der Waals surface area contributed by atoms with Crippen molar-refractivity contribution in [2.75, 3.05) is 13.2 Å². The lowest BCUT2D eigenvalue weighted by Gasteiger charge is -2.24. The van der Waals surface area contributed by atoms with Gasteiger partial charge in [-0.1, -0.05) is 13.8 Å². The minimum absolute atomic E-state index is 0.444. The molecule has 0 aromatic heterocycles. The van der Waals surface area contributed by atoms with Crippen LogP contribution in [-0.2, 0) is 4.74 Å². The predicted molar refractivity (Wildman–Crippen MR) is 46.4 cm³/mol. The first-order valence-corrected chi connectivity index (χ1v) is 4.57. The first-order valence-electron chi connectivity index (χ1n) is 4.57. The molecule has 0 radical (unpaired) electrons. The molecule has 1 rings (SSSR count). The van der Waals surface area contributed by atoms with Gasteiger partial charge in [0.1, 0.15) is 0 Å². The third-order valence-electron chi connectivity index (χ3n) is 2.57. The highest BCUT2D eigenvalue weighted by Gasteiger charge is 2.26. The largest absolute Gasteiger partial charge is 0.378 e. The van der Waals surface area contributed by atoms with E-state index in [0.717, 1.165) is 13.2 Å². The van der Waals surface area contributed by atoms with Crippen LogP contribution in [0.3, 0.4) is 0 Å². The maximum Gasteiger partial charge on any atom is 0.0618 e. The van der Waals surface area contributed by atoms with Crippen molar-refractivity contribution < 1.29 is 4.74 Å². The lowest BCUT2D eigenvalue weighted by Crippen LogP contribution is -2.31. The minimum Gasteiger partial charge on any atom is -0.378 e. The van der Waals surface area contributed by atoms with E-state index in [1.807, 2.05) is 0 Å². The van der Waals surface area contributed by atoms with E-state index in [-0.39, 0.29) is 0 Å². The van der Waals surface area contributed by atoms with E-state index in [1.165, 1.54) is 12.8 Å². The van der Waals surface area contributed by atoms with Gasteiger partial charge in [0.05, 0.1) is 6.10 Å². The predicted octanol–water partition coefficient (Wildman–Crippen LogP) is 1.40. The standard InChI is InChI=1S/C9H19NO/c1-7(2)8(6-10)9-4-3-5-11-9/h7-9H,3-6,10H2,1-2H3. The van der Waals surface area contributed by atoms with Gasteiger partial charge < -0.3 is 10.5 Å². The van der Waals surface area contributed by atoms with Gasteiger partial charge in [0.15, 0.2) is 0 Å². The Bertz CT molecular complexity index is 108. The Balaban J connectivity index is 2.40. The Labute approximate surface area is 69.1 Å². The molecule has 0 saturated carbocycles. The molecule has 1 aliphatic rings. The van der Waals surface area contributed by atoms with Crippen molar-refractivity contribution in [1.82, 2.24) is 0 Å². The molecule has 2 N–H and O–H groups in total. The first-order chi connectivity index (χ1) is 5.25. The lowest BCUT2D eigenvalue weighted by molar-refractivity contribution is 0.0482. The molecule has 2 nitrogen and oxygen atoms in total. The van der Waals surface area contributed by atoms with E-state index in [9.17, 15) is 0 Å². The molecule has 1 heterocycles. The molecule has 1 saturated heterocycles. The Hall–Kier alpha value is -0.0800. The van der Waals surface area contributed by atoms with E-state index in [2.05, 4.69) is 13.8 Å². The van der Waals surface area contributed by atoms with Crippen molar-refractivity contribution >= 4 is 0 Å². The molecule has 11 heavy (non-hydrogen) atoms. The summed E-state index contributed by atoms with van der Waals surface area (Å²) in [5, 5.41) is 0. The quantitative estimate of drug-likeness (QED) is 0.672. The normalized spacial score (nSPS) is 27.8. The van der Waals surface area contributed by atoms with Crippen molar-refractivity contribution in [3.63, 3.8) is 0 Å². The fraction of sp³-hybridized carbons (Fsp3) is 1.00. The summed E-state index contributed by atoms with van der Waals surface area (Å²) in [6, 6.07) is 0. The molecule has 0 spiro atoms. The van der Waals surface area contributed by atoms with Crippen LogP contribution in [0.1, 0.15) is 26.7 Å². The highest BCUT2D eigenvalue weighted by molar-refractivity contribution is 4.77. The first kappa shape index (κ1) is 9.01. The third-order valence-corrected chi connectivity index (χ3v) is 2.57. The summed E-state index contributed by atoms with van der Waals surface area (Å²) >= 11 is 0. The molecule has 1 fully saturated rings. The van der Waals surface area contributed by atoms with Crippen LogP contribution in [0, 0.1) is 11.8 Å². The molecule has 2 atom stereocenters. The van der Waals surface area contributed by atoms with Gasteiger partial charge in [-0.15, -0.1) is 0 Å². The highest BCUT2D eigenvalue weighted by Crippen LogP contribution is 2.24. The SMILES string of the molecule is CC(C)C(CN)C1CCCO1. The van der Waals surface area contributed by atoms with Crippen LogP contribution < -0.4 is 5.73 Å². The molecule has 0 aliphatic carbocycles. The topological polar surface area (TPSA) is 35.2 Å². The van der Waals surface area contributed by atoms with Crippen LogP contribution in [0.15, 0.2) is 0 Å². The van der Waals surface area contributed by atoms with Crippen LogP contribution >= 0.6 is 0 Å². The van der Waals surface area contributed by atoms with Crippen LogP contribution in [-0.4, -0.2) is 19.3 Å². The number of rotatable bonds is 3. The van der Waals surface area contributed by atoms with Crippen molar-refractivity contribution in [3.8, 4) is 0 Å². The smallest absolute Gasteiger partial charge is 0.0618 e. The van der Waals surface area contributed by atoms with Gasteiger partial charge in [0.25, 0.3) is 0 Å².